The zero-order valence-electron chi connectivity index (χ0n) is 43.1. The molecular weight excluding hydrogens is 1020 g/mol. The second-order valence-corrected chi connectivity index (χ2v) is 26.2. The van der Waals surface area contributed by atoms with Gasteiger partial charge in [-0.2, -0.15) is 9.90 Å². The zero-order valence-corrected chi connectivity index (χ0v) is 48.1. The van der Waals surface area contributed by atoms with E-state index in [1.54, 1.807) is 0 Å². The maximum Gasteiger partial charge on any atom is -0.0134 e. The summed E-state index contributed by atoms with van der Waals surface area (Å²) in [5, 5.41) is 16.8. The van der Waals surface area contributed by atoms with Gasteiger partial charge in [-0.15, -0.1) is 0 Å². The lowest BCUT2D eigenvalue weighted by molar-refractivity contribution is 1.74. The molecule has 1 unspecified atom stereocenters. The fourth-order valence-electron chi connectivity index (χ4n) is 8.71. The van der Waals surface area contributed by atoms with Crippen molar-refractivity contribution >= 4 is 105 Å². The molecule has 0 spiro atoms. The van der Waals surface area contributed by atoms with Crippen molar-refractivity contribution in [2.24, 2.45) is 0 Å². The van der Waals surface area contributed by atoms with Gasteiger partial charge in [0.05, 0.1) is 0 Å². The third-order valence-electron chi connectivity index (χ3n) is 12.2. The molecule has 0 aliphatic rings. The van der Waals surface area contributed by atoms with Crippen LogP contribution in [0.5, 0.6) is 0 Å². The van der Waals surface area contributed by atoms with E-state index < -0.39 is 31.7 Å². The molecule has 0 saturated heterocycles. The highest BCUT2D eigenvalue weighted by molar-refractivity contribution is 7.81. The maximum absolute atomic E-state index is 2.23. The Morgan fingerprint density at radius 3 is 0.234 bits per heavy atom. The second kappa shape index (κ2) is 31.1. The van der Waals surface area contributed by atoms with Crippen LogP contribution in [0.25, 0.3) is 0 Å². The average Bonchev–Trinajstić information content (AvgIpc) is 3.51. The van der Waals surface area contributed by atoms with Crippen LogP contribution in [0, 0.1) is 0 Å². The van der Waals surface area contributed by atoms with Gasteiger partial charge in [0.2, 0.25) is 0 Å². The molecule has 0 radical (unpaired) electrons. The van der Waals surface area contributed by atoms with E-state index in [9.17, 15) is 0 Å². The van der Waals surface area contributed by atoms with Gasteiger partial charge in [0.1, 0.15) is 0 Å². The van der Waals surface area contributed by atoms with E-state index in [0.29, 0.717) is 0 Å². The molecule has 376 valence electrons. The summed E-state index contributed by atoms with van der Waals surface area (Å²) in [4.78, 5) is 0. The topological polar surface area (TPSA) is 0 Å². The van der Waals surface area contributed by atoms with Crippen LogP contribution >= 0.6 is 41.6 Å². The van der Waals surface area contributed by atoms with Crippen LogP contribution in [0.4, 0.5) is 0 Å². The molecule has 12 rings (SSSR count). The first kappa shape index (κ1) is 56.0. The molecule has 0 saturated carbocycles. The first-order valence-electron chi connectivity index (χ1n) is 25.6. The van der Waals surface area contributed by atoms with Crippen molar-refractivity contribution < 1.29 is 0 Å². The Hall–Kier alpha value is -7.21. The monoisotopic (exact) mass is 1080 g/mol. The predicted molar refractivity (Wildman–Crippen MR) is 352 cm³/mol. The van der Waals surface area contributed by atoms with Crippen molar-refractivity contribution in [1.82, 2.24) is 0 Å². The number of rotatable bonds is 12. The Bertz CT molecular complexity index is 2570. The molecule has 0 aliphatic heterocycles. The molecule has 12 aromatic carbocycles. The van der Waals surface area contributed by atoms with Gasteiger partial charge < -0.3 is 0 Å². The summed E-state index contributed by atoms with van der Waals surface area (Å²) in [5.74, 6) is 0. The molecule has 0 fully saturated rings. The van der Waals surface area contributed by atoms with Crippen molar-refractivity contribution in [3.05, 3.63) is 364 Å². The highest BCUT2D eigenvalue weighted by atomic mass is 31.1. The van der Waals surface area contributed by atoms with E-state index in [1.807, 2.05) is 0 Å². The normalized spacial score (nSPS) is 10.4. The fourth-order valence-corrected chi connectivity index (χ4v) is 17.9. The molecule has 0 aromatic heterocycles. The van der Waals surface area contributed by atoms with E-state index in [1.165, 1.54) is 63.7 Å². The van der Waals surface area contributed by atoms with Crippen molar-refractivity contribution in [2.45, 2.75) is 0 Å². The molecule has 5 heteroatoms. The van der Waals surface area contributed by atoms with Crippen LogP contribution in [0.1, 0.15) is 0 Å². The molecule has 0 bridgehead atoms. The van der Waals surface area contributed by atoms with Crippen LogP contribution in [0.3, 0.4) is 0 Å². The largest absolute Gasteiger partial charge is 0.153 e. The smallest absolute Gasteiger partial charge is 0.0134 e. The molecule has 0 aliphatic carbocycles. The van der Waals surface area contributed by atoms with Gasteiger partial charge in [0, 0.05) is 0 Å². The molecule has 1 atom stereocenters. The third kappa shape index (κ3) is 16.4. The average molecular weight is 1080 g/mol. The minimum Gasteiger partial charge on any atom is -0.153 e. The fraction of sp³-hybridized carbons (Fsp3) is 0. The summed E-state index contributed by atoms with van der Waals surface area (Å²) in [5.41, 5.74) is 0. The minimum absolute atomic E-state index is 0. The quantitative estimate of drug-likeness (QED) is 0.107. The van der Waals surface area contributed by atoms with E-state index in [0.717, 1.165) is 0 Å². The Labute approximate surface area is 466 Å². The maximum atomic E-state index is 2.23. The zero-order chi connectivity index (χ0) is 51.7. The predicted octanol–water partition coefficient (Wildman–Crippen LogP) is 13.8. The highest BCUT2D eigenvalue weighted by Gasteiger charge is 2.18. The van der Waals surface area contributed by atoms with Crippen molar-refractivity contribution in [1.29, 1.82) is 0 Å². The van der Waals surface area contributed by atoms with Gasteiger partial charge in [-0.25, -0.2) is 0 Å². The molecular formula is C72H63P5. The third-order valence-corrected chi connectivity index (χ3v) is 21.9. The first-order valence-corrected chi connectivity index (χ1v) is 31.0. The number of hydrogen-bond donors (Lipinski definition) is 0. The van der Waals surface area contributed by atoms with Gasteiger partial charge in [-0.05, 0) is 95.3 Å². The summed E-state index contributed by atoms with van der Waals surface area (Å²) in [6.45, 7) is 0. The summed E-state index contributed by atoms with van der Waals surface area (Å²) in [6.07, 6.45) is 0. The Balaban J connectivity index is 0.000000135. The molecule has 0 N–H and O–H groups in total. The Kier molecular flexibility index (Phi) is 22.6. The Morgan fingerprint density at radius 2 is 0.169 bits per heavy atom. The van der Waals surface area contributed by atoms with E-state index >= 15 is 0 Å². The summed E-state index contributed by atoms with van der Waals surface area (Å²) < 4.78 is 0. The molecule has 0 heterocycles. The molecule has 0 nitrogen and oxygen atoms in total. The lowest BCUT2D eigenvalue weighted by Crippen LogP contribution is -2.20. The van der Waals surface area contributed by atoms with Gasteiger partial charge in [0.25, 0.3) is 0 Å². The van der Waals surface area contributed by atoms with E-state index in [-0.39, 0.29) is 9.90 Å². The van der Waals surface area contributed by atoms with E-state index in [2.05, 4.69) is 364 Å². The van der Waals surface area contributed by atoms with Crippen LogP contribution in [0.15, 0.2) is 364 Å². The SMILES string of the molecule is P.c1ccc(P(c2ccccc2)c2ccccc2)cc1.c1ccc(P(c2ccccc2)c2ccccc2)cc1.c1ccc(P(c2ccccc2)c2ccccc2)cc1.c1ccc(P(c2ccccc2)c2ccccc2)cc1. The lowest BCUT2D eigenvalue weighted by atomic mass is 10.4. The molecule has 77 heavy (non-hydrogen) atoms. The van der Waals surface area contributed by atoms with Crippen molar-refractivity contribution in [3.8, 4) is 0 Å². The van der Waals surface area contributed by atoms with Crippen LogP contribution < -0.4 is 63.7 Å². The Morgan fingerprint density at radius 1 is 0.104 bits per heavy atom. The van der Waals surface area contributed by atoms with E-state index in [4.69, 9.17) is 0 Å². The van der Waals surface area contributed by atoms with Gasteiger partial charge in [-0.1, -0.05) is 364 Å². The summed E-state index contributed by atoms with van der Waals surface area (Å²) >= 11 is 0. The van der Waals surface area contributed by atoms with Crippen LogP contribution in [0.2, 0.25) is 0 Å². The highest BCUT2D eigenvalue weighted by Crippen LogP contribution is 2.35. The second-order valence-electron chi connectivity index (χ2n) is 17.4. The van der Waals surface area contributed by atoms with Gasteiger partial charge in [0.15, 0.2) is 0 Å². The number of hydrogen-bond acceptors (Lipinski definition) is 0. The first-order chi connectivity index (χ1) is 37.8. The van der Waals surface area contributed by atoms with Gasteiger partial charge >= 0.3 is 0 Å². The standard InChI is InChI=1S/4C18H15P.H3P/c4*1-4-10-16(11-5-1)19(17-12-6-2-7-13-17)18-14-8-3-9-15-18;/h4*1-15H;1H3. The van der Waals surface area contributed by atoms with Crippen molar-refractivity contribution in [2.75, 3.05) is 0 Å². The summed E-state index contributed by atoms with van der Waals surface area (Å²) in [7, 11) is -1.78. The minimum atomic E-state index is -0.446. The summed E-state index contributed by atoms with van der Waals surface area (Å²) in [6, 6.07) is 129. The van der Waals surface area contributed by atoms with Crippen LogP contribution in [-0.2, 0) is 0 Å². The molecule has 0 amide bonds. The van der Waals surface area contributed by atoms with Gasteiger partial charge in [-0.3, -0.25) is 0 Å². The van der Waals surface area contributed by atoms with Crippen molar-refractivity contribution in [3.63, 3.8) is 0 Å². The van der Waals surface area contributed by atoms with Crippen LogP contribution in [-0.4, -0.2) is 0 Å². The molecule has 12 aromatic rings. The lowest BCUT2D eigenvalue weighted by Gasteiger charge is -2.18. The number of benzene rings is 12.